The SMILES string of the molecule is O=C(NC1(CCl)CC1)c1ccc(I)cc1. The molecule has 1 aromatic rings. The van der Waals surface area contributed by atoms with Gasteiger partial charge in [-0.1, -0.05) is 0 Å². The van der Waals surface area contributed by atoms with Crippen LogP contribution in [0.15, 0.2) is 24.3 Å². The molecule has 0 bridgehead atoms. The molecule has 0 aromatic heterocycles. The van der Waals surface area contributed by atoms with Gasteiger partial charge in [0, 0.05) is 15.0 Å². The first-order chi connectivity index (χ1) is 7.15. The van der Waals surface area contributed by atoms with Crippen molar-refractivity contribution < 1.29 is 4.79 Å². The van der Waals surface area contributed by atoms with E-state index in [2.05, 4.69) is 27.9 Å². The van der Waals surface area contributed by atoms with Crippen LogP contribution in [0.4, 0.5) is 0 Å². The van der Waals surface area contributed by atoms with Gasteiger partial charge in [0.25, 0.3) is 5.91 Å². The lowest BCUT2D eigenvalue weighted by Gasteiger charge is -2.13. The average Bonchev–Trinajstić information content (AvgIpc) is 2.99. The van der Waals surface area contributed by atoms with Crippen LogP contribution in [-0.2, 0) is 0 Å². The first-order valence-electron chi connectivity index (χ1n) is 4.79. The Bertz CT molecular complexity index is 373. The van der Waals surface area contributed by atoms with Gasteiger partial charge in [0.1, 0.15) is 0 Å². The van der Waals surface area contributed by atoms with Crippen molar-refractivity contribution in [2.75, 3.05) is 5.88 Å². The molecule has 0 saturated heterocycles. The van der Waals surface area contributed by atoms with E-state index in [1.54, 1.807) is 0 Å². The van der Waals surface area contributed by atoms with Crippen LogP contribution in [0.1, 0.15) is 23.2 Å². The smallest absolute Gasteiger partial charge is 0.251 e. The minimum Gasteiger partial charge on any atom is -0.345 e. The zero-order chi connectivity index (χ0) is 10.9. The summed E-state index contributed by atoms with van der Waals surface area (Å²) in [5.74, 6) is 0.480. The average molecular weight is 336 g/mol. The molecule has 1 amide bonds. The summed E-state index contributed by atoms with van der Waals surface area (Å²) in [4.78, 5) is 11.8. The summed E-state index contributed by atoms with van der Waals surface area (Å²) in [5, 5.41) is 2.98. The summed E-state index contributed by atoms with van der Waals surface area (Å²) < 4.78 is 1.13. The second kappa shape index (κ2) is 4.29. The molecule has 1 aliphatic carbocycles. The molecule has 1 aliphatic rings. The molecule has 0 aliphatic heterocycles. The molecule has 1 saturated carbocycles. The monoisotopic (exact) mass is 335 g/mol. The zero-order valence-electron chi connectivity index (χ0n) is 8.09. The van der Waals surface area contributed by atoms with E-state index in [9.17, 15) is 4.79 Å². The van der Waals surface area contributed by atoms with Gasteiger partial charge in [-0.15, -0.1) is 11.6 Å². The van der Waals surface area contributed by atoms with Crippen molar-refractivity contribution in [2.45, 2.75) is 18.4 Å². The molecular formula is C11H11ClINO. The predicted octanol–water partition coefficient (Wildman–Crippen LogP) is 2.79. The molecule has 1 aromatic carbocycles. The van der Waals surface area contributed by atoms with E-state index in [1.807, 2.05) is 24.3 Å². The second-order valence-corrected chi connectivity index (χ2v) is 5.39. The van der Waals surface area contributed by atoms with E-state index < -0.39 is 0 Å². The fourth-order valence-electron chi connectivity index (χ4n) is 1.36. The largest absolute Gasteiger partial charge is 0.345 e. The Hall–Kier alpha value is -0.290. The Morgan fingerprint density at radius 2 is 2.00 bits per heavy atom. The maximum Gasteiger partial charge on any atom is 0.251 e. The van der Waals surface area contributed by atoms with Gasteiger partial charge < -0.3 is 5.32 Å². The summed E-state index contributed by atoms with van der Waals surface area (Å²) in [7, 11) is 0. The summed E-state index contributed by atoms with van der Waals surface area (Å²) in [6, 6.07) is 7.52. The Labute approximate surface area is 108 Å². The van der Waals surface area contributed by atoms with Crippen LogP contribution in [0.5, 0.6) is 0 Å². The van der Waals surface area contributed by atoms with Gasteiger partial charge in [0.05, 0.1) is 5.54 Å². The van der Waals surface area contributed by atoms with Crippen molar-refractivity contribution in [1.82, 2.24) is 5.32 Å². The van der Waals surface area contributed by atoms with E-state index in [1.165, 1.54) is 0 Å². The molecule has 0 unspecified atom stereocenters. The lowest BCUT2D eigenvalue weighted by molar-refractivity contribution is 0.0936. The molecular weight excluding hydrogens is 324 g/mol. The minimum atomic E-state index is -0.123. The predicted molar refractivity (Wildman–Crippen MR) is 69.3 cm³/mol. The zero-order valence-corrected chi connectivity index (χ0v) is 11.0. The summed E-state index contributed by atoms with van der Waals surface area (Å²) in [5.41, 5.74) is 0.577. The third-order valence-corrected chi connectivity index (χ3v) is 3.83. The third-order valence-electron chi connectivity index (χ3n) is 2.59. The first kappa shape index (κ1) is 11.2. The highest BCUT2D eigenvalue weighted by Gasteiger charge is 2.43. The van der Waals surface area contributed by atoms with Gasteiger partial charge in [-0.3, -0.25) is 4.79 Å². The topological polar surface area (TPSA) is 29.1 Å². The van der Waals surface area contributed by atoms with Gasteiger partial charge in [-0.2, -0.15) is 0 Å². The fraction of sp³-hybridized carbons (Fsp3) is 0.364. The summed E-state index contributed by atoms with van der Waals surface area (Å²) in [6.07, 6.45) is 1.99. The van der Waals surface area contributed by atoms with Gasteiger partial charge in [0.15, 0.2) is 0 Å². The standard InChI is InChI=1S/C11H11ClINO/c12-7-11(5-6-11)14-10(15)8-1-3-9(13)4-2-8/h1-4H,5-7H2,(H,14,15). The van der Waals surface area contributed by atoms with Crippen LogP contribution >= 0.6 is 34.2 Å². The van der Waals surface area contributed by atoms with Crippen molar-refractivity contribution in [2.24, 2.45) is 0 Å². The Kier molecular flexibility index (Phi) is 3.21. The number of carbonyl (C=O) groups excluding carboxylic acids is 1. The molecule has 15 heavy (non-hydrogen) atoms. The molecule has 0 radical (unpaired) electrons. The van der Waals surface area contributed by atoms with Gasteiger partial charge in [-0.05, 0) is 59.7 Å². The van der Waals surface area contributed by atoms with Crippen molar-refractivity contribution in [3.63, 3.8) is 0 Å². The van der Waals surface area contributed by atoms with Crippen LogP contribution in [0.25, 0.3) is 0 Å². The molecule has 0 spiro atoms. The molecule has 4 heteroatoms. The third kappa shape index (κ3) is 2.64. The van der Waals surface area contributed by atoms with Crippen LogP contribution < -0.4 is 5.32 Å². The molecule has 1 fully saturated rings. The van der Waals surface area contributed by atoms with Crippen molar-refractivity contribution >= 4 is 40.1 Å². The van der Waals surface area contributed by atoms with E-state index in [0.717, 1.165) is 16.4 Å². The highest BCUT2D eigenvalue weighted by atomic mass is 127. The maximum absolute atomic E-state index is 11.8. The second-order valence-electron chi connectivity index (χ2n) is 3.87. The van der Waals surface area contributed by atoms with Crippen LogP contribution in [0.2, 0.25) is 0 Å². The van der Waals surface area contributed by atoms with Crippen LogP contribution in [0, 0.1) is 3.57 Å². The van der Waals surface area contributed by atoms with E-state index in [4.69, 9.17) is 11.6 Å². The van der Waals surface area contributed by atoms with Gasteiger partial charge in [-0.25, -0.2) is 0 Å². The van der Waals surface area contributed by atoms with Crippen molar-refractivity contribution in [1.29, 1.82) is 0 Å². The highest BCUT2D eigenvalue weighted by molar-refractivity contribution is 14.1. The van der Waals surface area contributed by atoms with Crippen LogP contribution in [0.3, 0.4) is 0 Å². The van der Waals surface area contributed by atoms with E-state index in [-0.39, 0.29) is 11.4 Å². The number of nitrogens with one attached hydrogen (secondary N) is 1. The lowest BCUT2D eigenvalue weighted by Crippen LogP contribution is -2.38. The molecule has 80 valence electrons. The number of carbonyl (C=O) groups is 1. The number of hydrogen-bond acceptors (Lipinski definition) is 1. The molecule has 0 heterocycles. The number of rotatable bonds is 3. The number of benzene rings is 1. The van der Waals surface area contributed by atoms with E-state index >= 15 is 0 Å². The number of alkyl halides is 1. The summed E-state index contributed by atoms with van der Waals surface area (Å²) in [6.45, 7) is 0. The van der Waals surface area contributed by atoms with Crippen LogP contribution in [-0.4, -0.2) is 17.3 Å². The lowest BCUT2D eigenvalue weighted by atomic mass is 10.2. The number of amides is 1. The van der Waals surface area contributed by atoms with E-state index in [0.29, 0.717) is 11.4 Å². The highest BCUT2D eigenvalue weighted by Crippen LogP contribution is 2.36. The molecule has 2 rings (SSSR count). The fourth-order valence-corrected chi connectivity index (χ4v) is 2.05. The molecule has 0 atom stereocenters. The number of halogens is 2. The number of hydrogen-bond donors (Lipinski definition) is 1. The quantitative estimate of drug-likeness (QED) is 0.668. The normalized spacial score (nSPS) is 17.2. The molecule has 2 nitrogen and oxygen atoms in total. The first-order valence-corrected chi connectivity index (χ1v) is 6.41. The maximum atomic E-state index is 11.8. The van der Waals surface area contributed by atoms with Crippen molar-refractivity contribution in [3.05, 3.63) is 33.4 Å². The Morgan fingerprint density at radius 3 is 2.47 bits per heavy atom. The molecule has 1 N–H and O–H groups in total. The Morgan fingerprint density at radius 1 is 1.40 bits per heavy atom. The van der Waals surface area contributed by atoms with Crippen molar-refractivity contribution in [3.8, 4) is 0 Å². The van der Waals surface area contributed by atoms with Gasteiger partial charge >= 0.3 is 0 Å². The minimum absolute atomic E-state index is 0.0236. The van der Waals surface area contributed by atoms with Gasteiger partial charge in [0.2, 0.25) is 0 Å². The summed E-state index contributed by atoms with van der Waals surface area (Å²) >= 11 is 8.01. The Balaban J connectivity index is 2.05.